The van der Waals surface area contributed by atoms with Gasteiger partial charge in [0.05, 0.1) is 35.9 Å². The summed E-state index contributed by atoms with van der Waals surface area (Å²) < 4.78 is 13.3. The van der Waals surface area contributed by atoms with Gasteiger partial charge in [0, 0.05) is 74.2 Å². The van der Waals surface area contributed by atoms with Gasteiger partial charge in [0.2, 0.25) is 1.43 Å². The predicted octanol–water partition coefficient (Wildman–Crippen LogP) is 1.20. The molecule has 4 rings (SSSR count). The number of aliphatic hydroxyl groups excluding tert-OH is 2. The van der Waals surface area contributed by atoms with Crippen molar-refractivity contribution >= 4 is 5.78 Å². The van der Waals surface area contributed by atoms with Gasteiger partial charge in [-0.05, 0) is 30.9 Å². The quantitative estimate of drug-likeness (QED) is 0.328. The first-order valence-electron chi connectivity index (χ1n) is 10.8. The maximum absolute atomic E-state index is 14.0. The van der Waals surface area contributed by atoms with E-state index in [2.05, 4.69) is 0 Å². The fourth-order valence-corrected chi connectivity index (χ4v) is 7.48. The molecule has 0 aromatic heterocycles. The first-order valence-corrected chi connectivity index (χ1v) is 10.4. The van der Waals surface area contributed by atoms with Crippen molar-refractivity contribution in [3.63, 3.8) is 0 Å². The van der Waals surface area contributed by atoms with Crippen LogP contribution in [0.4, 0.5) is 0 Å². The summed E-state index contributed by atoms with van der Waals surface area (Å²) >= 11 is 0. The number of hydrogen-bond acceptors (Lipinski definition) is 6. The third-order valence-corrected chi connectivity index (χ3v) is 9.15. The maximum Gasteiger partial charge on any atom is 0.210 e. The summed E-state index contributed by atoms with van der Waals surface area (Å²) in [5.41, 5.74) is -3.05. The molecule has 3 fully saturated rings. The molecule has 2 bridgehead atoms. The minimum Gasteiger partial charge on any atom is -0.392 e. The van der Waals surface area contributed by atoms with E-state index >= 15 is 0 Å². The monoisotopic (exact) mass is 623 g/mol. The van der Waals surface area contributed by atoms with Crippen LogP contribution in [0, 0.1) is 72.6 Å². The summed E-state index contributed by atoms with van der Waals surface area (Å²) in [7, 11) is 0. The normalized spacial score (nSPS) is 54.1. The number of fused-ring (bicyclic) bond motifs is 5. The fourth-order valence-electron chi connectivity index (χ4n) is 7.48. The van der Waals surface area contributed by atoms with Gasteiger partial charge in [0.25, 0.3) is 0 Å². The Bertz CT molecular complexity index is 786. The van der Waals surface area contributed by atoms with Crippen LogP contribution >= 0.6 is 0 Å². The Labute approximate surface area is 210 Å². The largest absolute Gasteiger partial charge is 0.392 e. The van der Waals surface area contributed by atoms with Gasteiger partial charge < -0.3 is 25.2 Å². The molecule has 1 saturated heterocycles. The predicted molar refractivity (Wildman–Crippen MR) is 102 cm³/mol. The van der Waals surface area contributed by atoms with Crippen molar-refractivity contribution in [3.05, 3.63) is 11.1 Å². The summed E-state index contributed by atoms with van der Waals surface area (Å²) in [6.07, 6.45) is -1.72. The second-order valence-electron chi connectivity index (χ2n) is 10.5. The van der Waals surface area contributed by atoms with E-state index in [9.17, 15) is 20.1 Å². The smallest absolute Gasteiger partial charge is 0.210 e. The number of carbonyl (C=O) groups excluding carboxylic acids is 1. The maximum atomic E-state index is 14.0. The first-order chi connectivity index (χ1) is 13.3. The molecule has 7 heteroatoms. The molecule has 3 aliphatic carbocycles. The van der Waals surface area contributed by atoms with E-state index in [1.165, 1.54) is 0 Å². The Morgan fingerprint density at radius 3 is 2.34 bits per heavy atom. The van der Waals surface area contributed by atoms with Gasteiger partial charge in [-0.3, -0.25) is 4.79 Å². The van der Waals surface area contributed by atoms with Gasteiger partial charge in [-0.15, -0.1) is 0 Å². The van der Waals surface area contributed by atoms with E-state index in [1.54, 1.807) is 6.92 Å². The Morgan fingerprint density at radius 1 is 1.21 bits per heavy atom. The molecule has 1 aliphatic heterocycles. The van der Waals surface area contributed by atoms with Crippen LogP contribution in [0.5, 0.6) is 0 Å². The molecule has 6 nitrogen and oxygen atoms in total. The van der Waals surface area contributed by atoms with E-state index in [0.29, 0.717) is 0 Å². The molecule has 0 aromatic carbocycles. The van der Waals surface area contributed by atoms with E-state index in [0.717, 1.165) is 11.1 Å². The van der Waals surface area contributed by atoms with Gasteiger partial charge in [0.1, 0.15) is 11.4 Å². The second kappa shape index (κ2) is 7.07. The van der Waals surface area contributed by atoms with Crippen LogP contribution in [0.25, 0.3) is 0 Å². The van der Waals surface area contributed by atoms with Crippen LogP contribution in [0.3, 0.4) is 0 Å². The second-order valence-corrected chi connectivity index (χ2v) is 10.5. The molecular weight excluding hydrogens is 587 g/mol. The first kappa shape index (κ1) is 22.8. The van der Waals surface area contributed by atoms with Gasteiger partial charge in [-0.25, -0.2) is 0 Å². The van der Waals surface area contributed by atoms with Crippen LogP contribution < -0.4 is 0 Å². The van der Waals surface area contributed by atoms with Gasteiger partial charge in [-0.2, -0.15) is 0 Å². The topological polar surface area (TPSA) is 107 Å². The molecule has 2 saturated carbocycles. The minimum atomic E-state index is -1.35. The zero-order chi connectivity index (χ0) is 21.7. The van der Waals surface area contributed by atoms with Gasteiger partial charge >= 0.3 is 0 Å². The summed E-state index contributed by atoms with van der Waals surface area (Å²) in [5.74, 6) is -1.88. The molecule has 1 heterocycles. The number of Topliss-reactive ketones (excluding diaryl/α,β-unsaturated/α-hetero) is 1. The minimum absolute atomic E-state index is 0. The summed E-state index contributed by atoms with van der Waals surface area (Å²) in [4.78, 5) is 14.0. The molecule has 1 radical (unpaired) electrons. The number of carbonyl (C=O) groups is 1. The molecule has 0 spiro atoms. The molecule has 161 valence electrons. The van der Waals surface area contributed by atoms with Crippen LogP contribution in [0.1, 0.15) is 54.4 Å². The van der Waals surface area contributed by atoms with Crippen LogP contribution in [-0.4, -0.2) is 63.8 Å². The van der Waals surface area contributed by atoms with Crippen molar-refractivity contribution < 1.29 is 74.0 Å². The molecule has 1 unspecified atom stereocenters. The Hall–Kier alpha value is 0.652. The number of rotatable bonds is 1. The van der Waals surface area contributed by atoms with Crippen molar-refractivity contribution in [2.75, 3.05) is 6.61 Å². The SMILES string of the molecule is [3H]O[C@H]1C[C@H]2OC[C@@]2(O)C2[C@H](C)[C@]3(O)C[C@H](O)C(C)=C([C@@H](C)C(=O)[C@@]21C)C3(C)C.[Ac]. The van der Waals surface area contributed by atoms with Gasteiger partial charge in [0.15, 0.2) is 0 Å². The summed E-state index contributed by atoms with van der Waals surface area (Å²) in [6.45, 7) is 11.2. The van der Waals surface area contributed by atoms with E-state index in [1.807, 2.05) is 34.6 Å². The van der Waals surface area contributed by atoms with Crippen molar-refractivity contribution in [2.24, 2.45) is 28.6 Å². The molecule has 4 N–H and O–H groups in total. The molecule has 0 amide bonds. The number of aliphatic hydroxyl groups is 4. The average Bonchev–Trinajstić information content (AvgIpc) is 2.63. The number of hydrogen-bond donors (Lipinski definition) is 4. The third kappa shape index (κ3) is 2.71. The Balaban J connectivity index is 0.00000256. The number of ketones is 1. The molecule has 9 atom stereocenters. The van der Waals surface area contributed by atoms with Crippen molar-refractivity contribution in [3.8, 4) is 0 Å². The van der Waals surface area contributed by atoms with E-state index in [4.69, 9.17) is 11.3 Å². The zero-order valence-corrected chi connectivity index (χ0v) is 23.0. The molecular formula is C22H34AcO6. The fraction of sp³-hybridized carbons (Fsp3) is 0.864. The summed E-state index contributed by atoms with van der Waals surface area (Å²) in [5, 5.41) is 39.6. The van der Waals surface area contributed by atoms with Crippen LogP contribution in [-0.2, 0) is 9.53 Å². The Kier molecular flexibility index (Phi) is 5.57. The average molecular weight is 624 g/mol. The van der Waals surface area contributed by atoms with Crippen LogP contribution in [0.2, 0.25) is 0 Å². The number of ether oxygens (including phenoxy) is 1. The molecule has 0 aromatic rings. The standard InChI is InChI=1S/C22H34O6.Ac/c1-10-13(23)8-22(27)12(3)17-20(6,14(24)7-15-21(17,26)9-28-15)18(25)11(2)16(10)19(22,4)5;/h11-15,17,23-24,26-27H,7-9H2,1-6H3;/t11-,12+,13+,14+,15-,17?,20-,21+,22-;/m1./s1/i24T;. The Morgan fingerprint density at radius 2 is 1.83 bits per heavy atom. The third-order valence-electron chi connectivity index (χ3n) is 9.15. The van der Waals surface area contributed by atoms with E-state index in [-0.39, 0.29) is 69.3 Å². The molecule has 29 heavy (non-hydrogen) atoms. The summed E-state index contributed by atoms with van der Waals surface area (Å²) in [6, 6.07) is 0. The van der Waals surface area contributed by atoms with Crippen molar-refractivity contribution in [1.82, 2.24) is 0 Å². The van der Waals surface area contributed by atoms with Crippen LogP contribution in [0.15, 0.2) is 11.1 Å². The van der Waals surface area contributed by atoms with Crippen molar-refractivity contribution in [2.45, 2.75) is 83.9 Å². The zero-order valence-electron chi connectivity index (χ0n) is 19.2. The van der Waals surface area contributed by atoms with E-state index < -0.39 is 58.1 Å². The molecule has 4 aliphatic rings. The van der Waals surface area contributed by atoms with Crippen molar-refractivity contribution in [1.29, 1.82) is 1.43 Å². The van der Waals surface area contributed by atoms with Gasteiger partial charge in [-0.1, -0.05) is 27.7 Å².